The van der Waals surface area contributed by atoms with Crippen molar-refractivity contribution >= 4 is 27.6 Å². The van der Waals surface area contributed by atoms with Crippen molar-refractivity contribution in [2.45, 2.75) is 19.4 Å². The van der Waals surface area contributed by atoms with Gasteiger partial charge in [0, 0.05) is 11.6 Å². The third-order valence-electron chi connectivity index (χ3n) is 5.07. The molecule has 0 aliphatic carbocycles. The molecule has 5 nitrogen and oxygen atoms in total. The van der Waals surface area contributed by atoms with Gasteiger partial charge in [0.1, 0.15) is 5.82 Å². The molecule has 4 rings (SSSR count). The molecule has 0 fully saturated rings. The molecule has 0 aliphatic heterocycles. The number of pyridine rings is 1. The van der Waals surface area contributed by atoms with Crippen LogP contribution >= 0.6 is 0 Å². The number of nitrogens with one attached hydrogen (secondary N) is 1. The topological polar surface area (TPSA) is 61.8 Å². The number of nitrogens with two attached hydrogens (primary N) is 1. The van der Waals surface area contributed by atoms with Crippen molar-refractivity contribution in [2.75, 3.05) is 26.4 Å². The number of aryl methyl sites for hydroxylation is 1. The second-order valence-corrected chi connectivity index (χ2v) is 7.34. The number of benzene rings is 2. The molecule has 3 N–H and O–H groups in total. The highest BCUT2D eigenvalue weighted by molar-refractivity contribution is 5.94. The normalized spacial score (nSPS) is 11.7. The van der Waals surface area contributed by atoms with E-state index in [0.717, 1.165) is 41.4 Å². The van der Waals surface area contributed by atoms with Crippen LogP contribution in [0.5, 0.6) is 0 Å². The number of aromatic amines is 1. The minimum Gasteiger partial charge on any atom is -0.383 e. The van der Waals surface area contributed by atoms with E-state index in [4.69, 9.17) is 5.73 Å². The molecule has 5 heteroatoms. The molecular weight excluding hydrogens is 334 g/mol. The van der Waals surface area contributed by atoms with Crippen LogP contribution in [0, 0.1) is 0 Å². The quantitative estimate of drug-likeness (QED) is 0.408. The molecule has 0 amide bonds. The molecule has 2 aromatic heterocycles. The second kappa shape index (κ2) is 7.37. The molecule has 2 aromatic carbocycles. The van der Waals surface area contributed by atoms with Crippen molar-refractivity contribution in [2.24, 2.45) is 0 Å². The summed E-state index contributed by atoms with van der Waals surface area (Å²) in [6, 6.07) is 14.9. The molecule has 0 bridgehead atoms. The average molecular weight is 360 g/mol. The summed E-state index contributed by atoms with van der Waals surface area (Å²) in [6.07, 6.45) is 6.19. The van der Waals surface area contributed by atoms with Crippen LogP contribution in [0.25, 0.3) is 32.9 Å². The van der Waals surface area contributed by atoms with Crippen LogP contribution in [-0.4, -0.2) is 35.5 Å². The molecule has 0 radical (unpaired) electrons. The first kappa shape index (κ1) is 17.5. The molecule has 138 valence electrons. The van der Waals surface area contributed by atoms with Gasteiger partial charge in [-0.05, 0) is 80.3 Å². The van der Waals surface area contributed by atoms with E-state index in [1.165, 1.54) is 17.5 Å². The van der Waals surface area contributed by atoms with Gasteiger partial charge < -0.3 is 10.6 Å². The maximum Gasteiger partial charge on any atom is 0.242 e. The Morgan fingerprint density at radius 1 is 1.04 bits per heavy atom. The fraction of sp³-hybridized carbons (Fsp3) is 0.273. The predicted molar refractivity (Wildman–Crippen MR) is 111 cm³/mol. The first-order valence-corrected chi connectivity index (χ1v) is 9.42. The van der Waals surface area contributed by atoms with Gasteiger partial charge in [0.2, 0.25) is 6.33 Å². The molecule has 0 saturated heterocycles. The highest BCUT2D eigenvalue weighted by Crippen LogP contribution is 2.28. The van der Waals surface area contributed by atoms with E-state index >= 15 is 0 Å². The molecule has 0 saturated carbocycles. The summed E-state index contributed by atoms with van der Waals surface area (Å²) in [6.45, 7) is 2.15. The number of anilines is 1. The van der Waals surface area contributed by atoms with Gasteiger partial charge >= 0.3 is 0 Å². The number of H-pyrrole nitrogens is 1. The number of nitrogen functional groups attached to an aromatic ring is 1. The fourth-order valence-electron chi connectivity index (χ4n) is 3.55. The zero-order valence-corrected chi connectivity index (χ0v) is 15.9. The number of nitrogens with zero attached hydrogens (tertiary/aromatic N) is 3. The summed E-state index contributed by atoms with van der Waals surface area (Å²) in [5.41, 5.74) is 10.8. The molecule has 0 aliphatic rings. The minimum absolute atomic E-state index is 0.577. The van der Waals surface area contributed by atoms with Crippen LogP contribution in [-0.2, 0) is 6.54 Å². The molecule has 27 heavy (non-hydrogen) atoms. The van der Waals surface area contributed by atoms with E-state index in [1.807, 2.05) is 6.07 Å². The first-order valence-electron chi connectivity index (χ1n) is 9.42. The number of rotatable bonds is 6. The van der Waals surface area contributed by atoms with E-state index in [9.17, 15) is 0 Å². The summed E-state index contributed by atoms with van der Waals surface area (Å²) in [4.78, 5) is 9.83. The van der Waals surface area contributed by atoms with E-state index in [2.05, 4.69) is 76.3 Å². The highest BCUT2D eigenvalue weighted by Gasteiger charge is 2.12. The summed E-state index contributed by atoms with van der Waals surface area (Å²) in [5, 5.41) is 2.12. The van der Waals surface area contributed by atoms with Crippen LogP contribution in [0.4, 0.5) is 5.82 Å². The largest absolute Gasteiger partial charge is 0.383 e. The lowest BCUT2D eigenvalue weighted by atomic mass is 10.0. The number of imidazole rings is 1. The van der Waals surface area contributed by atoms with Crippen molar-refractivity contribution in [3.05, 3.63) is 55.0 Å². The van der Waals surface area contributed by atoms with E-state index < -0.39 is 0 Å². The summed E-state index contributed by atoms with van der Waals surface area (Å²) in [5.74, 6) is 0.577. The fourth-order valence-corrected chi connectivity index (χ4v) is 3.55. The minimum atomic E-state index is 0.577. The number of hydrogen-bond donors (Lipinski definition) is 2. The monoisotopic (exact) mass is 360 g/mol. The van der Waals surface area contributed by atoms with Crippen molar-refractivity contribution in [3.63, 3.8) is 0 Å². The van der Waals surface area contributed by atoms with E-state index in [-0.39, 0.29) is 0 Å². The Balaban J connectivity index is 1.65. The van der Waals surface area contributed by atoms with Gasteiger partial charge in [0.25, 0.3) is 0 Å². The predicted octanol–water partition coefficient (Wildman–Crippen LogP) is 3.59. The number of unbranched alkanes of at least 4 members (excludes halogenated alkanes) is 1. The van der Waals surface area contributed by atoms with Gasteiger partial charge in [-0.2, -0.15) is 0 Å². The Morgan fingerprint density at radius 2 is 1.85 bits per heavy atom. The molecule has 0 atom stereocenters. The maximum absolute atomic E-state index is 6.07. The van der Waals surface area contributed by atoms with Gasteiger partial charge in [-0.3, -0.25) is 0 Å². The van der Waals surface area contributed by atoms with Crippen LogP contribution in [0.2, 0.25) is 0 Å². The summed E-state index contributed by atoms with van der Waals surface area (Å²) < 4.78 is 2.31. The Bertz CT molecular complexity index is 1080. The number of hydrogen-bond acceptors (Lipinski definition) is 3. The lowest BCUT2D eigenvalue weighted by Gasteiger charge is -2.08. The molecule has 4 aromatic rings. The Morgan fingerprint density at radius 3 is 2.70 bits per heavy atom. The van der Waals surface area contributed by atoms with Crippen LogP contribution in [0.1, 0.15) is 12.8 Å². The van der Waals surface area contributed by atoms with E-state index in [1.54, 1.807) is 6.20 Å². The third-order valence-corrected chi connectivity index (χ3v) is 5.07. The number of aromatic nitrogens is 3. The molecule has 0 unspecified atom stereocenters. The molecular formula is C22H26N5+. The molecule has 2 heterocycles. The smallest absolute Gasteiger partial charge is 0.242 e. The van der Waals surface area contributed by atoms with E-state index in [0.29, 0.717) is 5.82 Å². The Kier molecular flexibility index (Phi) is 4.77. The SMILES string of the molecule is CN(C)CCCC[n+]1c[nH]c2ccc(-c3ccc4ccnc(N)c4c3)cc21. The Labute approximate surface area is 159 Å². The van der Waals surface area contributed by atoms with Crippen molar-refractivity contribution in [3.8, 4) is 11.1 Å². The zero-order valence-electron chi connectivity index (χ0n) is 15.9. The van der Waals surface area contributed by atoms with Gasteiger partial charge in [-0.1, -0.05) is 12.1 Å². The summed E-state index contributed by atoms with van der Waals surface area (Å²) >= 11 is 0. The van der Waals surface area contributed by atoms with Gasteiger partial charge in [0.15, 0.2) is 11.0 Å². The Hall–Kier alpha value is -2.92. The van der Waals surface area contributed by atoms with Gasteiger partial charge in [-0.25, -0.2) is 14.5 Å². The van der Waals surface area contributed by atoms with Crippen LogP contribution in [0.3, 0.4) is 0 Å². The van der Waals surface area contributed by atoms with Gasteiger partial charge in [0.05, 0.1) is 6.54 Å². The van der Waals surface area contributed by atoms with Crippen LogP contribution in [0.15, 0.2) is 55.0 Å². The van der Waals surface area contributed by atoms with Crippen molar-refractivity contribution in [1.82, 2.24) is 14.9 Å². The van der Waals surface area contributed by atoms with Crippen molar-refractivity contribution < 1.29 is 4.57 Å². The van der Waals surface area contributed by atoms with Gasteiger partial charge in [-0.15, -0.1) is 0 Å². The second-order valence-electron chi connectivity index (χ2n) is 7.34. The standard InChI is InChI=1S/C22H25N5/c1-26(2)11-3-4-12-27-15-25-20-8-7-18(14-21(20)27)17-6-5-16-9-10-24-22(23)19(16)13-17/h5-10,13-15H,3-4,11-12H2,1-2H3,(H2,23,24)/p+1. The lowest BCUT2D eigenvalue weighted by Crippen LogP contribution is -2.32. The van der Waals surface area contributed by atoms with Crippen LogP contribution < -0.4 is 10.3 Å². The third kappa shape index (κ3) is 3.64. The molecule has 0 spiro atoms. The maximum atomic E-state index is 6.07. The van der Waals surface area contributed by atoms with Crippen molar-refractivity contribution in [1.29, 1.82) is 0 Å². The highest BCUT2D eigenvalue weighted by atomic mass is 15.1. The zero-order chi connectivity index (χ0) is 18.8. The average Bonchev–Trinajstić information content (AvgIpc) is 3.07. The summed E-state index contributed by atoms with van der Waals surface area (Å²) in [7, 11) is 4.24. The first-order chi connectivity index (χ1) is 13.1. The lowest BCUT2D eigenvalue weighted by molar-refractivity contribution is -0.671. The number of fused-ring (bicyclic) bond motifs is 2.